The average Bonchev–Trinajstić information content (AvgIpc) is 2.75. The Kier molecular flexibility index (Phi) is 5.22. The van der Waals surface area contributed by atoms with E-state index in [1.807, 2.05) is 6.92 Å². The van der Waals surface area contributed by atoms with E-state index < -0.39 is 0 Å². The molecule has 1 aromatic rings. The van der Waals surface area contributed by atoms with Gasteiger partial charge in [-0.1, -0.05) is 20.8 Å². The predicted octanol–water partition coefficient (Wildman–Crippen LogP) is 1.98. The van der Waals surface area contributed by atoms with Crippen LogP contribution in [0.4, 0.5) is 0 Å². The number of amides is 1. The molecule has 2 N–H and O–H groups in total. The summed E-state index contributed by atoms with van der Waals surface area (Å²) >= 11 is 0. The fourth-order valence-corrected chi connectivity index (χ4v) is 1.69. The van der Waals surface area contributed by atoms with Gasteiger partial charge in [-0.25, -0.2) is 0 Å². The van der Waals surface area contributed by atoms with Crippen LogP contribution in [-0.2, 0) is 6.42 Å². The summed E-state index contributed by atoms with van der Waals surface area (Å²) in [5.74, 6) is 1.27. The number of furan rings is 1. The third-order valence-corrected chi connectivity index (χ3v) is 2.55. The van der Waals surface area contributed by atoms with Crippen molar-refractivity contribution in [2.24, 2.45) is 5.92 Å². The van der Waals surface area contributed by atoms with Crippen molar-refractivity contribution in [2.45, 2.75) is 39.7 Å². The fraction of sp³-hybridized carbons (Fsp3) is 0.615. The Balaban J connectivity index is 2.57. The molecule has 1 amide bonds. The lowest BCUT2D eigenvalue weighted by Crippen LogP contribution is -2.38. The van der Waals surface area contributed by atoms with Crippen molar-refractivity contribution in [1.82, 2.24) is 5.32 Å². The molecule has 17 heavy (non-hydrogen) atoms. The lowest BCUT2D eigenvalue weighted by Gasteiger charge is -2.17. The first-order chi connectivity index (χ1) is 8.06. The second-order valence-corrected chi connectivity index (χ2v) is 4.60. The summed E-state index contributed by atoms with van der Waals surface area (Å²) in [6.07, 6.45) is 1.52. The second kappa shape index (κ2) is 6.45. The van der Waals surface area contributed by atoms with Crippen LogP contribution in [0, 0.1) is 5.92 Å². The molecule has 1 heterocycles. The molecule has 0 spiro atoms. The SMILES string of the molecule is CCc1ccc(C(=O)NC(CO)CC(C)C)o1. The molecule has 0 aliphatic heterocycles. The van der Waals surface area contributed by atoms with E-state index >= 15 is 0 Å². The van der Waals surface area contributed by atoms with Gasteiger partial charge in [-0.2, -0.15) is 0 Å². The zero-order valence-electron chi connectivity index (χ0n) is 10.7. The number of aryl methyl sites for hydroxylation is 1. The molecule has 1 rings (SSSR count). The molecule has 0 saturated carbocycles. The van der Waals surface area contributed by atoms with E-state index in [-0.39, 0.29) is 18.6 Å². The average molecular weight is 239 g/mol. The highest BCUT2D eigenvalue weighted by Gasteiger charge is 2.16. The Morgan fingerprint density at radius 2 is 2.18 bits per heavy atom. The molecule has 4 heteroatoms. The molecule has 0 fully saturated rings. The van der Waals surface area contributed by atoms with Crippen LogP contribution in [0.1, 0.15) is 43.5 Å². The highest BCUT2D eigenvalue weighted by atomic mass is 16.3. The van der Waals surface area contributed by atoms with Gasteiger partial charge in [0.05, 0.1) is 12.6 Å². The van der Waals surface area contributed by atoms with Crippen LogP contribution in [0.2, 0.25) is 0 Å². The molecule has 0 saturated heterocycles. The van der Waals surface area contributed by atoms with Crippen molar-refractivity contribution in [2.75, 3.05) is 6.61 Å². The third kappa shape index (κ3) is 4.23. The van der Waals surface area contributed by atoms with Gasteiger partial charge >= 0.3 is 0 Å². The number of carbonyl (C=O) groups is 1. The Hall–Kier alpha value is -1.29. The van der Waals surface area contributed by atoms with Gasteiger partial charge < -0.3 is 14.8 Å². The third-order valence-electron chi connectivity index (χ3n) is 2.55. The smallest absolute Gasteiger partial charge is 0.287 e. The van der Waals surface area contributed by atoms with Crippen molar-refractivity contribution >= 4 is 5.91 Å². The maximum Gasteiger partial charge on any atom is 0.287 e. The van der Waals surface area contributed by atoms with Crippen LogP contribution in [-0.4, -0.2) is 23.7 Å². The Morgan fingerprint density at radius 1 is 1.47 bits per heavy atom. The van der Waals surface area contributed by atoms with Gasteiger partial charge in [0, 0.05) is 6.42 Å². The van der Waals surface area contributed by atoms with Gasteiger partial charge in [0.25, 0.3) is 5.91 Å². The minimum absolute atomic E-state index is 0.0503. The molecule has 1 unspecified atom stereocenters. The monoisotopic (exact) mass is 239 g/mol. The van der Waals surface area contributed by atoms with E-state index in [1.165, 1.54) is 0 Å². The van der Waals surface area contributed by atoms with E-state index in [0.717, 1.165) is 18.6 Å². The molecule has 0 aliphatic carbocycles. The predicted molar refractivity (Wildman–Crippen MR) is 65.9 cm³/mol. The number of rotatable bonds is 6. The summed E-state index contributed by atoms with van der Waals surface area (Å²) in [4.78, 5) is 11.8. The van der Waals surface area contributed by atoms with E-state index in [4.69, 9.17) is 4.42 Å². The molecule has 0 radical (unpaired) electrons. The van der Waals surface area contributed by atoms with E-state index in [1.54, 1.807) is 12.1 Å². The van der Waals surface area contributed by atoms with Crippen molar-refractivity contribution in [3.8, 4) is 0 Å². The number of hydrogen-bond donors (Lipinski definition) is 2. The van der Waals surface area contributed by atoms with Crippen LogP contribution in [0.5, 0.6) is 0 Å². The lowest BCUT2D eigenvalue weighted by atomic mass is 10.0. The molecule has 0 aromatic carbocycles. The molecular formula is C13H21NO3. The summed E-state index contributed by atoms with van der Waals surface area (Å²) in [5, 5.41) is 11.9. The summed E-state index contributed by atoms with van der Waals surface area (Å²) in [5.41, 5.74) is 0. The maximum atomic E-state index is 11.8. The number of aliphatic hydroxyl groups is 1. The Labute approximate surface area is 102 Å². The van der Waals surface area contributed by atoms with Gasteiger partial charge in [-0.3, -0.25) is 4.79 Å². The van der Waals surface area contributed by atoms with E-state index in [0.29, 0.717) is 11.7 Å². The Bertz CT molecular complexity index is 357. The van der Waals surface area contributed by atoms with E-state index in [9.17, 15) is 9.90 Å². The lowest BCUT2D eigenvalue weighted by molar-refractivity contribution is 0.0878. The molecule has 0 bridgehead atoms. The van der Waals surface area contributed by atoms with Gasteiger partial charge in [0.2, 0.25) is 0 Å². The molecule has 1 atom stereocenters. The minimum atomic E-state index is -0.260. The molecule has 1 aromatic heterocycles. The Morgan fingerprint density at radius 3 is 2.65 bits per heavy atom. The fourth-order valence-electron chi connectivity index (χ4n) is 1.69. The van der Waals surface area contributed by atoms with Gasteiger partial charge in [0.15, 0.2) is 5.76 Å². The topological polar surface area (TPSA) is 62.5 Å². The standard InChI is InChI=1S/C13H21NO3/c1-4-11-5-6-12(17-11)13(16)14-10(8-15)7-9(2)3/h5-6,9-10,15H,4,7-8H2,1-3H3,(H,14,16). The highest BCUT2D eigenvalue weighted by Crippen LogP contribution is 2.10. The first-order valence-corrected chi connectivity index (χ1v) is 6.07. The summed E-state index contributed by atoms with van der Waals surface area (Å²) in [6.45, 7) is 6.02. The van der Waals surface area contributed by atoms with Crippen molar-refractivity contribution in [3.05, 3.63) is 23.7 Å². The second-order valence-electron chi connectivity index (χ2n) is 4.60. The van der Waals surface area contributed by atoms with Crippen LogP contribution in [0.3, 0.4) is 0 Å². The first kappa shape index (κ1) is 13.8. The van der Waals surface area contributed by atoms with Gasteiger partial charge in [-0.15, -0.1) is 0 Å². The van der Waals surface area contributed by atoms with Crippen LogP contribution in [0.25, 0.3) is 0 Å². The van der Waals surface area contributed by atoms with Crippen LogP contribution < -0.4 is 5.32 Å². The maximum absolute atomic E-state index is 11.8. The van der Waals surface area contributed by atoms with Crippen LogP contribution in [0.15, 0.2) is 16.5 Å². The minimum Gasteiger partial charge on any atom is -0.456 e. The highest BCUT2D eigenvalue weighted by molar-refractivity contribution is 5.91. The quantitative estimate of drug-likeness (QED) is 0.798. The van der Waals surface area contributed by atoms with Gasteiger partial charge in [-0.05, 0) is 24.5 Å². The van der Waals surface area contributed by atoms with Crippen molar-refractivity contribution < 1.29 is 14.3 Å². The number of hydrogen-bond acceptors (Lipinski definition) is 3. The molecule has 96 valence electrons. The van der Waals surface area contributed by atoms with Gasteiger partial charge in [0.1, 0.15) is 5.76 Å². The van der Waals surface area contributed by atoms with E-state index in [2.05, 4.69) is 19.2 Å². The zero-order valence-corrected chi connectivity index (χ0v) is 10.7. The zero-order chi connectivity index (χ0) is 12.8. The number of aliphatic hydroxyl groups excluding tert-OH is 1. The molecular weight excluding hydrogens is 218 g/mol. The largest absolute Gasteiger partial charge is 0.456 e. The summed E-state index contributed by atoms with van der Waals surface area (Å²) in [7, 11) is 0. The van der Waals surface area contributed by atoms with Crippen LogP contribution >= 0.6 is 0 Å². The first-order valence-electron chi connectivity index (χ1n) is 6.07. The molecule has 4 nitrogen and oxygen atoms in total. The normalized spacial score (nSPS) is 12.8. The molecule has 0 aliphatic rings. The van der Waals surface area contributed by atoms with Crippen molar-refractivity contribution in [1.29, 1.82) is 0 Å². The number of carbonyl (C=O) groups excluding carboxylic acids is 1. The number of nitrogens with one attached hydrogen (secondary N) is 1. The summed E-state index contributed by atoms with van der Waals surface area (Å²) < 4.78 is 5.35. The van der Waals surface area contributed by atoms with Crippen molar-refractivity contribution in [3.63, 3.8) is 0 Å². The summed E-state index contributed by atoms with van der Waals surface area (Å²) in [6, 6.07) is 3.25.